The molecule has 10 nitrogen and oxygen atoms in total. The highest BCUT2D eigenvalue weighted by Gasteiger charge is 2.28. The molecule has 2 saturated heterocycles. The molecule has 0 aliphatic carbocycles. The first-order valence-corrected chi connectivity index (χ1v) is 17.7. The minimum absolute atomic E-state index is 0.0779. The zero-order valence-electron chi connectivity index (χ0n) is 29.0. The van der Waals surface area contributed by atoms with E-state index in [2.05, 4.69) is 10.2 Å². The Balaban J connectivity index is 0.000000234. The van der Waals surface area contributed by atoms with Crippen LogP contribution in [0.1, 0.15) is 106 Å². The molecule has 4 atom stereocenters. The lowest BCUT2D eigenvalue weighted by molar-refractivity contribution is -0.163. The molecule has 16 heteroatoms. The number of carbonyl (C=O) groups excluding carboxylic acids is 1. The second kappa shape index (κ2) is 21.2. The van der Waals surface area contributed by atoms with Crippen molar-refractivity contribution in [3.63, 3.8) is 0 Å². The van der Waals surface area contributed by atoms with Crippen LogP contribution < -0.4 is 17.0 Å². The Hall–Kier alpha value is -3.57. The van der Waals surface area contributed by atoms with Gasteiger partial charge in [0, 0.05) is 44.3 Å². The number of amides is 1. The minimum Gasteiger partial charge on any atom is -0.385 e. The van der Waals surface area contributed by atoms with E-state index >= 15 is 0 Å². The molecule has 4 unspecified atom stereocenters. The van der Waals surface area contributed by atoms with Gasteiger partial charge in [0.1, 0.15) is 5.84 Å². The van der Waals surface area contributed by atoms with E-state index in [9.17, 15) is 31.1 Å². The molecule has 3 heterocycles. The topological polar surface area (TPSA) is 143 Å². The summed E-state index contributed by atoms with van der Waals surface area (Å²) < 4.78 is 104. The van der Waals surface area contributed by atoms with Gasteiger partial charge in [-0.3, -0.25) is 10.2 Å². The van der Waals surface area contributed by atoms with Crippen LogP contribution in [0.15, 0.2) is 34.5 Å². The van der Waals surface area contributed by atoms with Crippen molar-refractivity contribution in [2.24, 2.45) is 21.8 Å². The van der Waals surface area contributed by atoms with Gasteiger partial charge in [0.05, 0.1) is 11.6 Å². The van der Waals surface area contributed by atoms with Crippen molar-refractivity contribution < 1.29 is 50.1 Å². The fourth-order valence-corrected chi connectivity index (χ4v) is 6.24. The van der Waals surface area contributed by atoms with E-state index in [0.29, 0.717) is 63.5 Å². The van der Waals surface area contributed by atoms with Crippen LogP contribution in [-0.4, -0.2) is 56.5 Å². The molecule has 2 fully saturated rings. The predicted molar refractivity (Wildman–Crippen MR) is 181 cm³/mol. The van der Waals surface area contributed by atoms with Crippen molar-refractivity contribution in [2.45, 2.75) is 108 Å². The molecule has 0 saturated carbocycles. The molecule has 5 N–H and O–H groups in total. The number of nitrogens with two attached hydrogens (primary N) is 2. The summed E-state index contributed by atoms with van der Waals surface area (Å²) in [6, 6.07) is 4.07. The lowest BCUT2D eigenvalue weighted by atomic mass is 9.87. The van der Waals surface area contributed by atoms with Gasteiger partial charge in [-0.25, -0.2) is 32.2 Å². The van der Waals surface area contributed by atoms with Gasteiger partial charge in [0.15, 0.2) is 47.5 Å². The maximum atomic E-state index is 14.3. The SMILES string of the molecule is NC1=NN=C(C(CCCCOC2CCCCO2)c2ccc(F)c(F)c2F)C1.NNC(=O)C(CCCCOC1CCCCO1)c1ccc(F)c(F)c1F. The van der Waals surface area contributed by atoms with Crippen molar-refractivity contribution in [3.05, 3.63) is 70.3 Å². The zero-order valence-corrected chi connectivity index (χ0v) is 29.0. The first-order chi connectivity index (χ1) is 25.1. The van der Waals surface area contributed by atoms with E-state index < -0.39 is 52.6 Å². The third-order valence-electron chi connectivity index (χ3n) is 9.07. The lowest BCUT2D eigenvalue weighted by Crippen LogP contribution is -2.35. The van der Waals surface area contributed by atoms with Crippen LogP contribution in [0, 0.1) is 34.9 Å². The third-order valence-corrected chi connectivity index (χ3v) is 9.07. The molecule has 0 bridgehead atoms. The summed E-state index contributed by atoms with van der Waals surface area (Å²) in [5.41, 5.74) is 8.04. The van der Waals surface area contributed by atoms with Gasteiger partial charge in [-0.1, -0.05) is 25.0 Å². The highest BCUT2D eigenvalue weighted by atomic mass is 19.2. The molecule has 2 aromatic carbocycles. The molecule has 3 aliphatic heterocycles. The monoisotopic (exact) mass is 743 g/mol. The number of unbranched alkanes of at least 4 members (excludes halogenated alkanes) is 2. The van der Waals surface area contributed by atoms with Gasteiger partial charge in [-0.15, -0.1) is 5.10 Å². The Bertz CT molecular complexity index is 1520. The molecule has 5 rings (SSSR count). The van der Waals surface area contributed by atoms with E-state index in [1.807, 2.05) is 5.43 Å². The van der Waals surface area contributed by atoms with Gasteiger partial charge in [-0.05, 0) is 81.9 Å². The van der Waals surface area contributed by atoms with Crippen LogP contribution in [0.5, 0.6) is 0 Å². The number of ether oxygens (including phenoxy) is 4. The lowest BCUT2D eigenvalue weighted by Gasteiger charge is -2.23. The summed E-state index contributed by atoms with van der Waals surface area (Å²) >= 11 is 0. The largest absolute Gasteiger partial charge is 0.385 e. The summed E-state index contributed by atoms with van der Waals surface area (Å²) in [4.78, 5) is 11.9. The Morgan fingerprint density at radius 2 is 1.29 bits per heavy atom. The van der Waals surface area contributed by atoms with Gasteiger partial charge in [-0.2, -0.15) is 5.10 Å². The maximum Gasteiger partial charge on any atom is 0.241 e. The number of benzene rings is 2. The number of carbonyl (C=O) groups is 1. The van der Waals surface area contributed by atoms with Crippen molar-refractivity contribution in [2.75, 3.05) is 26.4 Å². The van der Waals surface area contributed by atoms with Crippen molar-refractivity contribution >= 4 is 17.5 Å². The fraction of sp³-hybridized carbons (Fsp3) is 0.583. The minimum atomic E-state index is -1.59. The number of halogens is 6. The van der Waals surface area contributed by atoms with Crippen LogP contribution >= 0.6 is 0 Å². The molecule has 2 aromatic rings. The summed E-state index contributed by atoms with van der Waals surface area (Å²) in [7, 11) is 0. The van der Waals surface area contributed by atoms with Gasteiger partial charge in [0.25, 0.3) is 0 Å². The number of nitrogens with one attached hydrogen (secondary N) is 1. The number of nitrogens with zero attached hydrogens (tertiary/aromatic N) is 2. The summed E-state index contributed by atoms with van der Waals surface area (Å²) in [6.45, 7) is 2.40. The smallest absolute Gasteiger partial charge is 0.241 e. The molecule has 288 valence electrons. The molecule has 1 amide bonds. The average Bonchev–Trinajstić information content (AvgIpc) is 3.60. The molecule has 3 aliphatic rings. The summed E-state index contributed by atoms with van der Waals surface area (Å²) in [6.07, 6.45) is 9.34. The summed E-state index contributed by atoms with van der Waals surface area (Å²) in [5, 5.41) is 7.79. The first kappa shape index (κ1) is 41.2. The second-order valence-corrected chi connectivity index (χ2v) is 12.8. The molecule has 0 aromatic heterocycles. The summed E-state index contributed by atoms with van der Waals surface area (Å²) in [5.74, 6) is -4.80. The molecular weight excluding hydrogens is 696 g/mol. The highest BCUT2D eigenvalue weighted by Crippen LogP contribution is 2.31. The highest BCUT2D eigenvalue weighted by molar-refractivity contribution is 6.08. The number of hydrazine groups is 1. The van der Waals surface area contributed by atoms with Crippen LogP contribution in [0.4, 0.5) is 26.3 Å². The Morgan fingerprint density at radius 1 is 0.750 bits per heavy atom. The van der Waals surface area contributed by atoms with Gasteiger partial charge in [0.2, 0.25) is 5.91 Å². The molecule has 0 spiro atoms. The van der Waals surface area contributed by atoms with Crippen LogP contribution in [0.25, 0.3) is 0 Å². The Kier molecular flexibility index (Phi) is 16.8. The Morgan fingerprint density at radius 3 is 1.79 bits per heavy atom. The third kappa shape index (κ3) is 12.0. The first-order valence-electron chi connectivity index (χ1n) is 17.7. The number of rotatable bonds is 16. The quantitative estimate of drug-likeness (QED) is 0.0424. The molecule has 0 radical (unpaired) electrons. The maximum absolute atomic E-state index is 14.3. The molecular formula is C36H47F6N5O5. The van der Waals surface area contributed by atoms with Crippen molar-refractivity contribution in [1.29, 1.82) is 0 Å². The van der Waals surface area contributed by atoms with E-state index in [4.69, 9.17) is 30.5 Å². The normalized spacial score (nSPS) is 20.0. The van der Waals surface area contributed by atoms with Gasteiger partial charge < -0.3 is 24.7 Å². The van der Waals surface area contributed by atoms with Crippen LogP contribution in [0.3, 0.4) is 0 Å². The van der Waals surface area contributed by atoms with E-state index in [1.54, 1.807) is 0 Å². The van der Waals surface area contributed by atoms with Crippen molar-refractivity contribution in [1.82, 2.24) is 5.43 Å². The fourth-order valence-electron chi connectivity index (χ4n) is 6.24. The van der Waals surface area contributed by atoms with Gasteiger partial charge >= 0.3 is 0 Å². The second-order valence-electron chi connectivity index (χ2n) is 12.8. The molecule has 52 heavy (non-hydrogen) atoms. The number of amidine groups is 1. The zero-order chi connectivity index (χ0) is 37.5. The number of hydrogen-bond acceptors (Lipinski definition) is 9. The van der Waals surface area contributed by atoms with E-state index in [-0.39, 0.29) is 30.1 Å². The standard InChI is InChI=1S/C19H24F3N3O2.C17H23F3N2O3/c20-14-8-7-13(18(21)19(14)22)12(15-11-16(23)25-24-15)5-1-3-9-26-17-6-2-4-10-27-17;18-13-8-7-11(15(19)16(13)20)12(17(23)22-21)5-1-3-9-24-14-6-2-4-10-25-14/h7-8,12,17H,1-6,9-11H2,(H2,23,25);7-8,12,14H,1-6,9-10,21H2,(H,22,23). The Labute approximate surface area is 299 Å². The van der Waals surface area contributed by atoms with Crippen molar-refractivity contribution in [3.8, 4) is 0 Å². The predicted octanol–water partition coefficient (Wildman–Crippen LogP) is 6.91. The van der Waals surface area contributed by atoms with Crippen LogP contribution in [-0.2, 0) is 23.7 Å². The van der Waals surface area contributed by atoms with Crippen LogP contribution in [0.2, 0.25) is 0 Å². The number of hydrogen-bond donors (Lipinski definition) is 3. The van der Waals surface area contributed by atoms with E-state index in [1.165, 1.54) is 6.07 Å². The van der Waals surface area contributed by atoms with E-state index in [0.717, 1.165) is 69.8 Å². The average molecular weight is 744 g/mol.